The van der Waals surface area contributed by atoms with Crippen LogP contribution in [0.4, 0.5) is 4.79 Å². The maximum atomic E-state index is 12.1. The molecular weight excluding hydrogens is 310 g/mol. The molecule has 0 heterocycles. The van der Waals surface area contributed by atoms with E-state index in [-0.39, 0.29) is 6.61 Å². The number of aryl methyl sites for hydroxylation is 1. The second-order valence-corrected chi connectivity index (χ2v) is 6.59. The fourth-order valence-electron chi connectivity index (χ4n) is 2.68. The average molecular weight is 333 g/mol. The predicted molar refractivity (Wildman–Crippen MR) is 88.1 cm³/mol. The van der Waals surface area contributed by atoms with E-state index in [1.54, 1.807) is 25.1 Å². The van der Waals surface area contributed by atoms with Gasteiger partial charge in [-0.3, -0.25) is 10.2 Å². The van der Waals surface area contributed by atoms with Gasteiger partial charge in [0, 0.05) is 11.0 Å². The number of hydrogen-bond acceptors (Lipinski definition) is 4. The normalized spacial score (nSPS) is 20.7. The number of hydrazine groups is 1. The molecule has 1 aliphatic carbocycles. The van der Waals surface area contributed by atoms with Crippen LogP contribution in [-0.4, -0.2) is 30.1 Å². The van der Waals surface area contributed by atoms with Gasteiger partial charge in [0.15, 0.2) is 0 Å². The maximum Gasteiger partial charge on any atom is 0.334 e. The zero-order valence-corrected chi connectivity index (χ0v) is 14.4. The Morgan fingerprint density at radius 2 is 1.88 bits per heavy atom. The summed E-state index contributed by atoms with van der Waals surface area (Å²) in [5.74, 6) is -0.899. The summed E-state index contributed by atoms with van der Waals surface area (Å²) in [4.78, 5) is 36.2. The van der Waals surface area contributed by atoms with Crippen LogP contribution in [0.2, 0.25) is 0 Å². The Hall–Kier alpha value is -2.57. The van der Waals surface area contributed by atoms with E-state index >= 15 is 0 Å². The van der Waals surface area contributed by atoms with Crippen molar-refractivity contribution in [3.05, 3.63) is 35.4 Å². The van der Waals surface area contributed by atoms with Crippen molar-refractivity contribution in [3.8, 4) is 0 Å². The molecule has 0 aromatic heterocycles. The van der Waals surface area contributed by atoms with Gasteiger partial charge in [-0.1, -0.05) is 31.5 Å². The number of nitrogens with one attached hydrogen (secondary N) is 3. The van der Waals surface area contributed by atoms with Crippen molar-refractivity contribution >= 4 is 17.9 Å². The molecule has 7 heteroatoms. The van der Waals surface area contributed by atoms with Gasteiger partial charge in [0.2, 0.25) is 0 Å². The van der Waals surface area contributed by atoms with E-state index in [2.05, 4.69) is 16.2 Å². The van der Waals surface area contributed by atoms with Crippen molar-refractivity contribution in [2.75, 3.05) is 6.61 Å². The Morgan fingerprint density at radius 3 is 2.42 bits per heavy atom. The number of ether oxygens (including phenoxy) is 1. The lowest BCUT2D eigenvalue weighted by atomic mass is 10.1. The standard InChI is InChI=1S/C17H23N3O4/c1-5-24-14(22)17(10-16(17,3)4)18-15(23)20-19-13(21)12-8-6-7-11(2)9-12/h6-9H,5,10H2,1-4H3,(H,19,21)(H2,18,20,23). The molecule has 0 aliphatic heterocycles. The minimum absolute atomic E-state index is 0.240. The number of carbonyl (C=O) groups is 3. The van der Waals surface area contributed by atoms with Crippen LogP contribution in [-0.2, 0) is 9.53 Å². The molecule has 3 N–H and O–H groups in total. The maximum absolute atomic E-state index is 12.1. The fourth-order valence-corrected chi connectivity index (χ4v) is 2.68. The zero-order chi connectivity index (χ0) is 18.0. The highest BCUT2D eigenvalue weighted by Crippen LogP contribution is 2.56. The van der Waals surface area contributed by atoms with E-state index in [9.17, 15) is 14.4 Å². The summed E-state index contributed by atoms with van der Waals surface area (Å²) in [7, 11) is 0. The van der Waals surface area contributed by atoms with E-state index in [0.29, 0.717) is 12.0 Å². The minimum atomic E-state index is -1.05. The Labute approximate surface area is 141 Å². The van der Waals surface area contributed by atoms with Crippen LogP contribution in [0, 0.1) is 12.3 Å². The second kappa shape index (κ2) is 6.51. The highest BCUT2D eigenvalue weighted by atomic mass is 16.5. The lowest BCUT2D eigenvalue weighted by Crippen LogP contribution is -2.55. The minimum Gasteiger partial charge on any atom is -0.464 e. The second-order valence-electron chi connectivity index (χ2n) is 6.59. The van der Waals surface area contributed by atoms with Gasteiger partial charge in [-0.05, 0) is 32.4 Å². The van der Waals surface area contributed by atoms with Crippen LogP contribution in [0.25, 0.3) is 0 Å². The largest absolute Gasteiger partial charge is 0.464 e. The van der Waals surface area contributed by atoms with Gasteiger partial charge in [0.25, 0.3) is 5.91 Å². The molecule has 3 amide bonds. The molecule has 1 aromatic rings. The molecule has 1 atom stereocenters. The molecule has 7 nitrogen and oxygen atoms in total. The number of benzene rings is 1. The topological polar surface area (TPSA) is 96.5 Å². The molecule has 0 spiro atoms. The van der Waals surface area contributed by atoms with E-state index in [1.165, 1.54) is 0 Å². The third kappa shape index (κ3) is 3.50. The van der Waals surface area contributed by atoms with Gasteiger partial charge in [-0.2, -0.15) is 0 Å². The Balaban J connectivity index is 1.93. The first-order valence-electron chi connectivity index (χ1n) is 7.84. The molecule has 1 saturated carbocycles. The fraction of sp³-hybridized carbons (Fsp3) is 0.471. The summed E-state index contributed by atoms with van der Waals surface area (Å²) < 4.78 is 5.04. The van der Waals surface area contributed by atoms with Gasteiger partial charge in [-0.25, -0.2) is 15.0 Å². The molecule has 24 heavy (non-hydrogen) atoms. The number of carbonyl (C=O) groups excluding carboxylic acids is 3. The van der Waals surface area contributed by atoms with Gasteiger partial charge in [0.1, 0.15) is 5.54 Å². The molecule has 0 radical (unpaired) electrons. The molecule has 1 aromatic carbocycles. The number of esters is 1. The molecule has 1 unspecified atom stereocenters. The Bertz CT molecular complexity index is 672. The third-order valence-electron chi connectivity index (χ3n) is 4.26. The van der Waals surface area contributed by atoms with Crippen LogP contribution in [0.1, 0.15) is 43.1 Å². The van der Waals surface area contributed by atoms with Crippen molar-refractivity contribution in [1.82, 2.24) is 16.2 Å². The first-order valence-corrected chi connectivity index (χ1v) is 7.84. The van der Waals surface area contributed by atoms with Gasteiger partial charge < -0.3 is 10.1 Å². The number of amides is 3. The molecule has 1 fully saturated rings. The molecule has 2 rings (SSSR count). The summed E-state index contributed by atoms with van der Waals surface area (Å²) in [5, 5.41) is 2.62. The van der Waals surface area contributed by atoms with Crippen molar-refractivity contribution in [2.45, 2.75) is 39.7 Å². The number of hydrogen-bond donors (Lipinski definition) is 3. The zero-order valence-electron chi connectivity index (χ0n) is 14.4. The molecular formula is C17H23N3O4. The highest BCUT2D eigenvalue weighted by Gasteiger charge is 2.68. The first-order chi connectivity index (χ1) is 11.2. The first kappa shape index (κ1) is 17.8. The third-order valence-corrected chi connectivity index (χ3v) is 4.26. The van der Waals surface area contributed by atoms with Crippen molar-refractivity contribution in [1.29, 1.82) is 0 Å². The summed E-state index contributed by atoms with van der Waals surface area (Å²) in [5.41, 5.74) is 4.52. The molecule has 0 bridgehead atoms. The van der Waals surface area contributed by atoms with Gasteiger partial charge in [-0.15, -0.1) is 0 Å². The van der Waals surface area contributed by atoms with Crippen LogP contribution >= 0.6 is 0 Å². The van der Waals surface area contributed by atoms with E-state index in [1.807, 2.05) is 26.8 Å². The molecule has 0 saturated heterocycles. The van der Waals surface area contributed by atoms with Crippen molar-refractivity contribution in [3.63, 3.8) is 0 Å². The molecule has 1 aliphatic rings. The Morgan fingerprint density at radius 1 is 1.21 bits per heavy atom. The summed E-state index contributed by atoms with van der Waals surface area (Å²) in [6.45, 7) is 7.56. The highest BCUT2D eigenvalue weighted by molar-refractivity contribution is 5.96. The van der Waals surface area contributed by atoms with Crippen molar-refractivity contribution in [2.24, 2.45) is 5.41 Å². The van der Waals surface area contributed by atoms with Crippen molar-refractivity contribution < 1.29 is 19.1 Å². The summed E-state index contributed by atoms with van der Waals surface area (Å²) >= 11 is 0. The van der Waals surface area contributed by atoms with Crippen LogP contribution in [0.5, 0.6) is 0 Å². The van der Waals surface area contributed by atoms with Crippen LogP contribution in [0.3, 0.4) is 0 Å². The number of urea groups is 1. The molecule has 130 valence electrons. The average Bonchev–Trinajstić information content (AvgIpc) is 3.07. The lowest BCUT2D eigenvalue weighted by Gasteiger charge is -2.20. The smallest absolute Gasteiger partial charge is 0.334 e. The summed E-state index contributed by atoms with van der Waals surface area (Å²) in [6.07, 6.45) is 0.484. The van der Waals surface area contributed by atoms with Crippen LogP contribution in [0.15, 0.2) is 24.3 Å². The van der Waals surface area contributed by atoms with E-state index in [4.69, 9.17) is 4.74 Å². The van der Waals surface area contributed by atoms with Gasteiger partial charge >= 0.3 is 12.0 Å². The quantitative estimate of drug-likeness (QED) is 0.577. The Kier molecular flexibility index (Phi) is 4.82. The monoisotopic (exact) mass is 333 g/mol. The van der Waals surface area contributed by atoms with Crippen LogP contribution < -0.4 is 16.2 Å². The predicted octanol–water partition coefficient (Wildman–Crippen LogP) is 1.67. The van der Waals surface area contributed by atoms with Gasteiger partial charge in [0.05, 0.1) is 6.61 Å². The van der Waals surface area contributed by atoms with E-state index in [0.717, 1.165) is 5.56 Å². The van der Waals surface area contributed by atoms with E-state index < -0.39 is 28.9 Å². The SMILES string of the molecule is CCOC(=O)C1(NC(=O)NNC(=O)c2cccc(C)c2)CC1(C)C. The number of rotatable bonds is 4. The lowest BCUT2D eigenvalue weighted by molar-refractivity contribution is -0.147. The summed E-state index contributed by atoms with van der Waals surface area (Å²) in [6, 6.07) is 6.32.